The van der Waals surface area contributed by atoms with Crippen LogP contribution in [-0.2, 0) is 6.54 Å². The molecule has 8 nitrogen and oxygen atoms in total. The molecular weight excluding hydrogens is 404 g/mol. The van der Waals surface area contributed by atoms with Gasteiger partial charge in [0.15, 0.2) is 11.2 Å². The Morgan fingerprint density at radius 3 is 2.62 bits per heavy atom. The summed E-state index contributed by atoms with van der Waals surface area (Å²) >= 11 is 0. The Balaban J connectivity index is 1.36. The van der Waals surface area contributed by atoms with Gasteiger partial charge in [-0.25, -0.2) is 9.67 Å². The molecule has 5 rings (SSSR count). The lowest BCUT2D eigenvalue weighted by Crippen LogP contribution is -2.38. The highest BCUT2D eigenvalue weighted by atomic mass is 16.2. The van der Waals surface area contributed by atoms with E-state index in [4.69, 9.17) is 4.98 Å². The Hall–Kier alpha value is -3.81. The largest absolute Gasteiger partial charge is 0.339 e. The quantitative estimate of drug-likeness (QED) is 0.539. The molecule has 1 saturated heterocycles. The Morgan fingerprint density at radius 1 is 1.09 bits per heavy atom. The van der Waals surface area contributed by atoms with Gasteiger partial charge in [-0.1, -0.05) is 53.2 Å². The number of aryl methyl sites for hydroxylation is 1. The number of hydrogen-bond donors (Lipinski definition) is 1. The monoisotopic (exact) mass is 428 g/mol. The third kappa shape index (κ3) is 3.91. The first-order valence-corrected chi connectivity index (χ1v) is 10.8. The number of nitrogens with one attached hydrogen (secondary N) is 1. The number of aromatic amines is 1. The van der Waals surface area contributed by atoms with E-state index in [0.717, 1.165) is 24.0 Å². The molecule has 0 radical (unpaired) electrons. The molecule has 1 aliphatic rings. The smallest absolute Gasteiger partial charge is 0.281 e. The highest BCUT2D eigenvalue weighted by Crippen LogP contribution is 2.26. The van der Waals surface area contributed by atoms with Gasteiger partial charge < -0.3 is 9.88 Å². The molecule has 1 amide bonds. The van der Waals surface area contributed by atoms with Crippen molar-refractivity contribution >= 4 is 17.1 Å². The second-order valence-corrected chi connectivity index (χ2v) is 8.29. The fourth-order valence-corrected chi connectivity index (χ4v) is 4.29. The van der Waals surface area contributed by atoms with Gasteiger partial charge in [-0.15, -0.1) is 5.10 Å². The molecule has 0 spiro atoms. The van der Waals surface area contributed by atoms with Crippen LogP contribution in [0.3, 0.4) is 0 Å². The molecule has 0 aliphatic carbocycles. The van der Waals surface area contributed by atoms with Crippen molar-refractivity contribution in [3.8, 4) is 0 Å². The van der Waals surface area contributed by atoms with Crippen LogP contribution in [-0.4, -0.2) is 48.9 Å². The molecule has 0 bridgehead atoms. The van der Waals surface area contributed by atoms with E-state index in [0.29, 0.717) is 36.7 Å². The van der Waals surface area contributed by atoms with Crippen LogP contribution in [0.1, 0.15) is 46.1 Å². The SMILES string of the molecule is Cc1cccc(Cn2nnc3c(=O)[nH]c(C4CCN(C(=O)c5ccccc5)CC4)nc32)c1. The lowest BCUT2D eigenvalue weighted by Gasteiger charge is -2.31. The maximum atomic E-state index is 12.7. The van der Waals surface area contributed by atoms with Gasteiger partial charge in [-0.05, 0) is 37.5 Å². The van der Waals surface area contributed by atoms with Crippen LogP contribution in [0.5, 0.6) is 0 Å². The zero-order valence-electron chi connectivity index (χ0n) is 17.9. The zero-order valence-corrected chi connectivity index (χ0v) is 17.9. The van der Waals surface area contributed by atoms with Crippen molar-refractivity contribution < 1.29 is 4.79 Å². The molecule has 0 saturated carbocycles. The molecule has 0 atom stereocenters. The van der Waals surface area contributed by atoms with Crippen LogP contribution in [0, 0.1) is 6.92 Å². The molecule has 1 fully saturated rings. The lowest BCUT2D eigenvalue weighted by atomic mass is 9.95. The maximum Gasteiger partial charge on any atom is 0.281 e. The number of likely N-dealkylation sites (tertiary alicyclic amines) is 1. The van der Waals surface area contributed by atoms with Crippen LogP contribution in [0.2, 0.25) is 0 Å². The molecule has 2 aromatic heterocycles. The molecule has 1 aliphatic heterocycles. The first-order chi connectivity index (χ1) is 15.6. The minimum Gasteiger partial charge on any atom is -0.339 e. The topological polar surface area (TPSA) is 96.8 Å². The average Bonchev–Trinajstić information content (AvgIpc) is 3.22. The third-order valence-corrected chi connectivity index (χ3v) is 6.00. The summed E-state index contributed by atoms with van der Waals surface area (Å²) < 4.78 is 1.68. The van der Waals surface area contributed by atoms with Crippen LogP contribution < -0.4 is 5.56 Å². The number of benzene rings is 2. The molecule has 4 aromatic rings. The molecule has 162 valence electrons. The third-order valence-electron chi connectivity index (χ3n) is 6.00. The van der Waals surface area contributed by atoms with Crippen LogP contribution in [0.15, 0.2) is 59.4 Å². The summed E-state index contributed by atoms with van der Waals surface area (Å²) in [6.45, 7) is 3.79. The summed E-state index contributed by atoms with van der Waals surface area (Å²) in [5, 5.41) is 8.21. The van der Waals surface area contributed by atoms with E-state index in [1.165, 1.54) is 0 Å². The summed E-state index contributed by atoms with van der Waals surface area (Å²) in [7, 11) is 0. The predicted octanol–water partition coefficient (Wildman–Crippen LogP) is 2.89. The summed E-state index contributed by atoms with van der Waals surface area (Å²) in [5.74, 6) is 0.762. The van der Waals surface area contributed by atoms with Crippen molar-refractivity contribution in [2.24, 2.45) is 0 Å². The first kappa shape index (κ1) is 20.1. The number of nitrogens with zero attached hydrogens (tertiary/aromatic N) is 5. The summed E-state index contributed by atoms with van der Waals surface area (Å²) in [5.41, 5.74) is 3.41. The molecule has 32 heavy (non-hydrogen) atoms. The summed E-state index contributed by atoms with van der Waals surface area (Å²) in [4.78, 5) is 34.9. The highest BCUT2D eigenvalue weighted by molar-refractivity contribution is 5.94. The molecule has 2 aromatic carbocycles. The normalized spacial score (nSPS) is 14.7. The van der Waals surface area contributed by atoms with Gasteiger partial charge in [-0.3, -0.25) is 9.59 Å². The minimum absolute atomic E-state index is 0.0429. The Labute approximate surface area is 184 Å². The van der Waals surface area contributed by atoms with E-state index < -0.39 is 0 Å². The van der Waals surface area contributed by atoms with Gasteiger partial charge in [0, 0.05) is 24.6 Å². The van der Waals surface area contributed by atoms with E-state index in [-0.39, 0.29) is 22.9 Å². The van der Waals surface area contributed by atoms with Crippen LogP contribution in [0.25, 0.3) is 11.2 Å². The van der Waals surface area contributed by atoms with Crippen molar-refractivity contribution in [3.05, 3.63) is 87.5 Å². The number of carbonyl (C=O) groups is 1. The summed E-state index contributed by atoms with van der Waals surface area (Å²) in [6.07, 6.45) is 1.49. The van der Waals surface area contributed by atoms with E-state index in [2.05, 4.69) is 21.4 Å². The number of aromatic nitrogens is 5. The minimum atomic E-state index is -0.275. The Morgan fingerprint density at radius 2 is 1.88 bits per heavy atom. The van der Waals surface area contributed by atoms with Gasteiger partial charge in [0.2, 0.25) is 0 Å². The number of H-pyrrole nitrogens is 1. The average molecular weight is 428 g/mol. The van der Waals surface area contributed by atoms with Gasteiger partial charge in [0.1, 0.15) is 5.82 Å². The van der Waals surface area contributed by atoms with Crippen LogP contribution in [0.4, 0.5) is 0 Å². The maximum absolute atomic E-state index is 12.7. The molecule has 1 N–H and O–H groups in total. The van der Waals surface area contributed by atoms with Crippen molar-refractivity contribution in [3.63, 3.8) is 0 Å². The first-order valence-electron chi connectivity index (χ1n) is 10.8. The molecule has 3 heterocycles. The van der Waals surface area contributed by atoms with E-state index >= 15 is 0 Å². The predicted molar refractivity (Wildman–Crippen MR) is 121 cm³/mol. The standard InChI is InChI=1S/C24H24N6O2/c1-16-6-5-7-17(14-16)15-30-22-20(27-28-30)23(31)26-21(25-22)18-10-12-29(13-11-18)24(32)19-8-3-2-4-9-19/h2-9,14,18H,10-13,15H2,1H3,(H,25,26,31). The number of piperidine rings is 1. The van der Waals surface area contributed by atoms with Gasteiger partial charge in [-0.2, -0.15) is 0 Å². The number of amides is 1. The fraction of sp³-hybridized carbons (Fsp3) is 0.292. The van der Waals surface area contributed by atoms with Crippen molar-refractivity contribution in [1.82, 2.24) is 29.9 Å². The number of fused-ring (bicyclic) bond motifs is 1. The Kier molecular flexibility index (Phi) is 5.26. The second-order valence-electron chi connectivity index (χ2n) is 8.29. The zero-order chi connectivity index (χ0) is 22.1. The molecular formula is C24H24N6O2. The molecule has 0 unspecified atom stereocenters. The van der Waals surface area contributed by atoms with Gasteiger partial charge >= 0.3 is 0 Å². The fourth-order valence-electron chi connectivity index (χ4n) is 4.29. The summed E-state index contributed by atoms with van der Waals surface area (Å²) in [6, 6.07) is 17.5. The number of rotatable bonds is 4. The van der Waals surface area contributed by atoms with Crippen molar-refractivity contribution in [1.29, 1.82) is 0 Å². The van der Waals surface area contributed by atoms with Crippen molar-refractivity contribution in [2.45, 2.75) is 32.2 Å². The highest BCUT2D eigenvalue weighted by Gasteiger charge is 2.27. The van der Waals surface area contributed by atoms with Crippen molar-refractivity contribution in [2.75, 3.05) is 13.1 Å². The van der Waals surface area contributed by atoms with Gasteiger partial charge in [0.05, 0.1) is 6.54 Å². The van der Waals surface area contributed by atoms with Gasteiger partial charge in [0.25, 0.3) is 11.5 Å². The van der Waals surface area contributed by atoms with E-state index in [1.807, 2.05) is 60.4 Å². The molecule has 8 heteroatoms. The number of carbonyl (C=O) groups excluding carboxylic acids is 1. The van der Waals surface area contributed by atoms with Crippen LogP contribution >= 0.6 is 0 Å². The van der Waals surface area contributed by atoms with E-state index in [9.17, 15) is 9.59 Å². The lowest BCUT2D eigenvalue weighted by molar-refractivity contribution is 0.0711. The van der Waals surface area contributed by atoms with E-state index in [1.54, 1.807) is 4.68 Å². The second kappa shape index (κ2) is 8.37. The Bertz CT molecular complexity index is 1320. The number of hydrogen-bond acceptors (Lipinski definition) is 5.